The van der Waals surface area contributed by atoms with Crippen LogP contribution >= 0.6 is 0 Å². The Labute approximate surface area is 152 Å². The van der Waals surface area contributed by atoms with Crippen LogP contribution in [0.2, 0.25) is 0 Å². The van der Waals surface area contributed by atoms with Gasteiger partial charge in [0.05, 0.1) is 25.5 Å². The third kappa shape index (κ3) is 2.39. The first-order chi connectivity index (χ1) is 12.7. The predicted octanol–water partition coefficient (Wildman–Crippen LogP) is 2.59. The van der Waals surface area contributed by atoms with Crippen LogP contribution in [-0.4, -0.2) is 32.3 Å². The average molecular weight is 350 g/mol. The molecule has 6 nitrogen and oxygen atoms in total. The summed E-state index contributed by atoms with van der Waals surface area (Å²) in [7, 11) is 3.28. The van der Waals surface area contributed by atoms with Gasteiger partial charge < -0.3 is 20.5 Å². The van der Waals surface area contributed by atoms with E-state index in [1.54, 1.807) is 14.2 Å². The Kier molecular flexibility index (Phi) is 4.17. The van der Waals surface area contributed by atoms with Gasteiger partial charge in [-0.05, 0) is 48.6 Å². The molecular weight excluding hydrogens is 328 g/mol. The SMILES string of the molecule is COc1ccc2c(c1OC)Cc1c-2nc(N)c(C#N)c1C1CCCNC1. The van der Waals surface area contributed by atoms with E-state index in [-0.39, 0.29) is 5.92 Å². The van der Waals surface area contributed by atoms with E-state index in [9.17, 15) is 5.26 Å². The summed E-state index contributed by atoms with van der Waals surface area (Å²) < 4.78 is 11.1. The number of nitrogen functional groups attached to an aromatic ring is 1. The van der Waals surface area contributed by atoms with Gasteiger partial charge in [-0.1, -0.05) is 0 Å². The molecule has 1 aromatic heterocycles. The third-order valence-electron chi connectivity index (χ3n) is 5.44. The zero-order chi connectivity index (χ0) is 18.3. The van der Waals surface area contributed by atoms with Crippen LogP contribution in [0.15, 0.2) is 12.1 Å². The molecule has 0 radical (unpaired) electrons. The molecule has 1 aromatic carbocycles. The van der Waals surface area contributed by atoms with Crippen molar-refractivity contribution in [3.63, 3.8) is 0 Å². The number of anilines is 1. The molecule has 3 N–H and O–H groups in total. The fourth-order valence-electron chi connectivity index (χ4n) is 4.29. The standard InChI is InChI=1S/C20H22N4O2/c1-25-16-6-5-12-13(19(16)26-2)8-14-17(11-4-3-7-23-10-11)15(9-21)20(22)24-18(12)14/h5-6,11,23H,3-4,7-8,10H2,1-2H3,(H2,22,24). The number of hydrogen-bond donors (Lipinski definition) is 2. The second kappa shape index (κ2) is 6.50. The number of nitrogens with two attached hydrogens (primary N) is 1. The summed E-state index contributed by atoms with van der Waals surface area (Å²) in [6.45, 7) is 1.88. The summed E-state index contributed by atoms with van der Waals surface area (Å²) in [4.78, 5) is 4.59. The van der Waals surface area contributed by atoms with Gasteiger partial charge in [0, 0.05) is 24.1 Å². The van der Waals surface area contributed by atoms with Crippen LogP contribution < -0.4 is 20.5 Å². The van der Waals surface area contributed by atoms with Gasteiger partial charge in [0.15, 0.2) is 11.5 Å². The van der Waals surface area contributed by atoms with Crippen molar-refractivity contribution in [3.8, 4) is 28.8 Å². The summed E-state index contributed by atoms with van der Waals surface area (Å²) in [6, 6.07) is 6.19. The van der Waals surface area contributed by atoms with E-state index in [4.69, 9.17) is 15.2 Å². The number of benzene rings is 1. The molecule has 4 rings (SSSR count). The molecule has 1 aliphatic carbocycles. The lowest BCUT2D eigenvalue weighted by molar-refractivity contribution is 0.352. The van der Waals surface area contributed by atoms with Gasteiger partial charge in [0.2, 0.25) is 0 Å². The Morgan fingerprint density at radius 1 is 1.27 bits per heavy atom. The highest BCUT2D eigenvalue weighted by molar-refractivity contribution is 5.82. The maximum Gasteiger partial charge on any atom is 0.164 e. The van der Waals surface area contributed by atoms with Crippen LogP contribution in [0.4, 0.5) is 5.82 Å². The van der Waals surface area contributed by atoms with E-state index in [0.29, 0.717) is 23.6 Å². The highest BCUT2D eigenvalue weighted by Crippen LogP contribution is 2.48. The third-order valence-corrected chi connectivity index (χ3v) is 5.44. The summed E-state index contributed by atoms with van der Waals surface area (Å²) in [5.41, 5.74) is 11.8. The molecule has 0 spiro atoms. The number of nitrogens with one attached hydrogen (secondary N) is 1. The minimum Gasteiger partial charge on any atom is -0.493 e. The Balaban J connectivity index is 1.93. The molecule has 1 fully saturated rings. The Morgan fingerprint density at radius 2 is 2.12 bits per heavy atom. The lowest BCUT2D eigenvalue weighted by Gasteiger charge is -2.26. The van der Waals surface area contributed by atoms with Crippen molar-refractivity contribution in [1.82, 2.24) is 10.3 Å². The number of rotatable bonds is 3. The van der Waals surface area contributed by atoms with Crippen molar-refractivity contribution in [2.75, 3.05) is 33.0 Å². The number of fused-ring (bicyclic) bond motifs is 3. The fraction of sp³-hybridized carbons (Fsp3) is 0.400. The first kappa shape index (κ1) is 16.7. The van der Waals surface area contributed by atoms with Crippen LogP contribution in [0.25, 0.3) is 11.3 Å². The minimum absolute atomic E-state index is 0.277. The molecular formula is C20H22N4O2. The topological polar surface area (TPSA) is 93.2 Å². The van der Waals surface area contributed by atoms with E-state index < -0.39 is 0 Å². The quantitative estimate of drug-likeness (QED) is 0.754. The molecule has 0 amide bonds. The van der Waals surface area contributed by atoms with Crippen LogP contribution in [-0.2, 0) is 6.42 Å². The first-order valence-electron chi connectivity index (χ1n) is 8.86. The van der Waals surface area contributed by atoms with Crippen molar-refractivity contribution in [2.45, 2.75) is 25.2 Å². The molecule has 2 heterocycles. The zero-order valence-corrected chi connectivity index (χ0v) is 15.1. The predicted molar refractivity (Wildman–Crippen MR) is 99.6 cm³/mol. The van der Waals surface area contributed by atoms with Gasteiger partial charge in [-0.25, -0.2) is 4.98 Å². The number of pyridine rings is 1. The Hall–Kier alpha value is -2.78. The highest BCUT2D eigenvalue weighted by atomic mass is 16.5. The number of piperidine rings is 1. The highest BCUT2D eigenvalue weighted by Gasteiger charge is 2.33. The molecule has 1 atom stereocenters. The van der Waals surface area contributed by atoms with Crippen LogP contribution in [0.3, 0.4) is 0 Å². The summed E-state index contributed by atoms with van der Waals surface area (Å²) in [6.07, 6.45) is 2.82. The lowest BCUT2D eigenvalue weighted by Crippen LogP contribution is -2.29. The van der Waals surface area contributed by atoms with E-state index >= 15 is 0 Å². The molecule has 0 saturated carbocycles. The molecule has 6 heteroatoms. The van der Waals surface area contributed by atoms with Gasteiger partial charge in [-0.15, -0.1) is 0 Å². The van der Waals surface area contributed by atoms with Crippen molar-refractivity contribution >= 4 is 5.82 Å². The van der Waals surface area contributed by atoms with Crippen molar-refractivity contribution in [1.29, 1.82) is 5.26 Å². The minimum atomic E-state index is 0.277. The van der Waals surface area contributed by atoms with Gasteiger partial charge >= 0.3 is 0 Å². The summed E-state index contributed by atoms with van der Waals surface area (Å²) >= 11 is 0. The van der Waals surface area contributed by atoms with Crippen molar-refractivity contribution in [2.24, 2.45) is 0 Å². The maximum atomic E-state index is 9.73. The number of hydrogen-bond acceptors (Lipinski definition) is 6. The molecule has 1 unspecified atom stereocenters. The second-order valence-electron chi connectivity index (χ2n) is 6.77. The molecule has 134 valence electrons. The second-order valence-corrected chi connectivity index (χ2v) is 6.77. The van der Waals surface area contributed by atoms with E-state index in [2.05, 4.69) is 16.4 Å². The number of methoxy groups -OCH3 is 2. The van der Waals surface area contributed by atoms with Gasteiger partial charge in [0.1, 0.15) is 11.9 Å². The Bertz CT molecular complexity index is 911. The number of ether oxygens (including phenoxy) is 2. The van der Waals surface area contributed by atoms with Crippen LogP contribution in [0, 0.1) is 11.3 Å². The molecule has 1 saturated heterocycles. The molecule has 0 bridgehead atoms. The van der Waals surface area contributed by atoms with Gasteiger partial charge in [-0.3, -0.25) is 0 Å². The summed E-state index contributed by atoms with van der Waals surface area (Å²) in [5, 5.41) is 13.2. The van der Waals surface area contributed by atoms with E-state index in [1.165, 1.54) is 0 Å². The largest absolute Gasteiger partial charge is 0.493 e. The van der Waals surface area contributed by atoms with Gasteiger partial charge in [0.25, 0.3) is 0 Å². The average Bonchev–Trinajstić information content (AvgIpc) is 3.04. The monoisotopic (exact) mass is 350 g/mol. The molecule has 1 aliphatic heterocycles. The molecule has 26 heavy (non-hydrogen) atoms. The molecule has 2 aliphatic rings. The first-order valence-corrected chi connectivity index (χ1v) is 8.86. The van der Waals surface area contributed by atoms with E-state index in [1.807, 2.05) is 12.1 Å². The van der Waals surface area contributed by atoms with Crippen LogP contribution in [0.5, 0.6) is 11.5 Å². The Morgan fingerprint density at radius 3 is 2.77 bits per heavy atom. The smallest absolute Gasteiger partial charge is 0.164 e. The number of aromatic nitrogens is 1. The van der Waals surface area contributed by atoms with E-state index in [0.717, 1.165) is 59.6 Å². The number of nitrogens with zero attached hydrogens (tertiary/aromatic N) is 2. The lowest BCUT2D eigenvalue weighted by atomic mass is 9.85. The normalized spacial score (nSPS) is 18.0. The zero-order valence-electron chi connectivity index (χ0n) is 15.1. The van der Waals surface area contributed by atoms with Crippen molar-refractivity contribution in [3.05, 3.63) is 34.4 Å². The number of nitriles is 1. The van der Waals surface area contributed by atoms with Crippen molar-refractivity contribution < 1.29 is 9.47 Å². The maximum absolute atomic E-state index is 9.73. The fourth-order valence-corrected chi connectivity index (χ4v) is 4.29. The summed E-state index contributed by atoms with van der Waals surface area (Å²) in [5.74, 6) is 2.02. The van der Waals surface area contributed by atoms with Gasteiger partial charge in [-0.2, -0.15) is 5.26 Å². The molecule has 2 aromatic rings. The van der Waals surface area contributed by atoms with Crippen LogP contribution in [0.1, 0.15) is 41.0 Å².